The second-order valence-electron chi connectivity index (χ2n) is 6.94. The largest absolute Gasteiger partial charge is 0.392 e. The molecule has 2 saturated heterocycles. The fourth-order valence-corrected chi connectivity index (χ4v) is 3.57. The zero-order valence-corrected chi connectivity index (χ0v) is 14.2. The van der Waals surface area contributed by atoms with Crippen molar-refractivity contribution in [1.82, 2.24) is 21.1 Å². The Morgan fingerprint density at radius 1 is 1.25 bits per heavy atom. The quantitative estimate of drug-likeness (QED) is 0.612. The fourth-order valence-electron chi connectivity index (χ4n) is 3.57. The first-order chi connectivity index (χ1) is 11.6. The molecular formula is C18H28N4O2. The molecule has 24 heavy (non-hydrogen) atoms. The molecule has 6 heteroatoms. The number of aliphatic hydroxyl groups excluding tert-OH is 1. The summed E-state index contributed by atoms with van der Waals surface area (Å²) < 4.78 is 0. The minimum atomic E-state index is -0.393. The first kappa shape index (κ1) is 17.4. The van der Waals surface area contributed by atoms with Gasteiger partial charge >= 0.3 is 0 Å². The minimum Gasteiger partial charge on any atom is -0.392 e. The number of hydrazine groups is 1. The van der Waals surface area contributed by atoms with Crippen molar-refractivity contribution < 1.29 is 9.90 Å². The summed E-state index contributed by atoms with van der Waals surface area (Å²) in [5.41, 5.74) is 8.05. The van der Waals surface area contributed by atoms with E-state index in [0.29, 0.717) is 25.0 Å². The van der Waals surface area contributed by atoms with Crippen LogP contribution in [0.1, 0.15) is 37.3 Å². The number of nitrogens with zero attached hydrogens (tertiary/aromatic N) is 1. The third-order valence-electron chi connectivity index (χ3n) is 5.01. The normalized spacial score (nSPS) is 29.8. The summed E-state index contributed by atoms with van der Waals surface area (Å²) in [7, 11) is 1.85. The highest BCUT2D eigenvalue weighted by Crippen LogP contribution is 2.23. The summed E-state index contributed by atoms with van der Waals surface area (Å²) in [4.78, 5) is 14.1. The van der Waals surface area contributed by atoms with E-state index in [2.05, 4.69) is 40.4 Å². The Hall–Kier alpha value is -1.47. The number of carbonyl (C=O) groups excluding carboxylic acids is 1. The van der Waals surface area contributed by atoms with Crippen molar-refractivity contribution in [1.29, 1.82) is 0 Å². The van der Waals surface area contributed by atoms with Crippen LogP contribution in [-0.4, -0.2) is 54.2 Å². The summed E-state index contributed by atoms with van der Waals surface area (Å²) >= 11 is 0. The van der Waals surface area contributed by atoms with Gasteiger partial charge < -0.3 is 15.3 Å². The van der Waals surface area contributed by atoms with Crippen molar-refractivity contribution in [3.05, 3.63) is 35.9 Å². The molecule has 0 radical (unpaired) electrons. The lowest BCUT2D eigenvalue weighted by atomic mass is 10.00. The lowest BCUT2D eigenvalue weighted by Crippen LogP contribution is -2.42. The van der Waals surface area contributed by atoms with Gasteiger partial charge in [0.15, 0.2) is 0 Å². The Balaban J connectivity index is 1.37. The monoisotopic (exact) mass is 332 g/mol. The highest BCUT2D eigenvalue weighted by atomic mass is 16.3. The number of rotatable bonds is 6. The van der Waals surface area contributed by atoms with E-state index in [1.165, 1.54) is 5.56 Å². The van der Waals surface area contributed by atoms with Crippen LogP contribution in [0, 0.1) is 0 Å². The molecule has 1 aromatic rings. The molecule has 3 rings (SSSR count). The molecule has 6 nitrogen and oxygen atoms in total. The van der Waals surface area contributed by atoms with Gasteiger partial charge in [0.05, 0.1) is 12.1 Å². The van der Waals surface area contributed by atoms with Crippen molar-refractivity contribution >= 4 is 5.91 Å². The van der Waals surface area contributed by atoms with E-state index in [-0.39, 0.29) is 11.9 Å². The molecule has 1 amide bonds. The second-order valence-corrected chi connectivity index (χ2v) is 6.94. The van der Waals surface area contributed by atoms with Crippen LogP contribution in [0.3, 0.4) is 0 Å². The Bertz CT molecular complexity index is 539. The second kappa shape index (κ2) is 8.07. The smallest absolute Gasteiger partial charge is 0.239 e. The summed E-state index contributed by atoms with van der Waals surface area (Å²) in [6, 6.07) is 11.0. The molecule has 2 heterocycles. The van der Waals surface area contributed by atoms with Crippen molar-refractivity contribution in [3.63, 3.8) is 0 Å². The van der Waals surface area contributed by atoms with Crippen LogP contribution in [0.2, 0.25) is 0 Å². The number of likely N-dealkylation sites (N-methyl/N-ethyl adjacent to an activating group) is 1. The van der Waals surface area contributed by atoms with E-state index in [9.17, 15) is 9.90 Å². The van der Waals surface area contributed by atoms with Gasteiger partial charge in [-0.3, -0.25) is 15.6 Å². The SMILES string of the molecule is CN(CCCC1CC(c2ccccc2)NN1)C(=O)C1CC(O)CN1. The first-order valence-electron chi connectivity index (χ1n) is 8.86. The van der Waals surface area contributed by atoms with E-state index in [4.69, 9.17) is 0 Å². The molecule has 132 valence electrons. The maximum absolute atomic E-state index is 12.3. The molecule has 2 aliphatic heterocycles. The van der Waals surface area contributed by atoms with Gasteiger partial charge in [-0.15, -0.1) is 0 Å². The number of carbonyl (C=O) groups is 1. The average molecular weight is 332 g/mol. The van der Waals surface area contributed by atoms with E-state index < -0.39 is 6.10 Å². The third-order valence-corrected chi connectivity index (χ3v) is 5.01. The van der Waals surface area contributed by atoms with E-state index in [1.54, 1.807) is 4.90 Å². The molecule has 1 aromatic carbocycles. The minimum absolute atomic E-state index is 0.0891. The number of nitrogens with one attached hydrogen (secondary N) is 3. The van der Waals surface area contributed by atoms with E-state index in [1.807, 2.05) is 13.1 Å². The maximum Gasteiger partial charge on any atom is 0.239 e. The van der Waals surface area contributed by atoms with Gasteiger partial charge in [-0.1, -0.05) is 30.3 Å². The van der Waals surface area contributed by atoms with Gasteiger partial charge in [0, 0.05) is 32.2 Å². The summed E-state index contributed by atoms with van der Waals surface area (Å²) in [5.74, 6) is 0.0891. The highest BCUT2D eigenvalue weighted by Gasteiger charge is 2.30. The van der Waals surface area contributed by atoms with Gasteiger partial charge in [-0.25, -0.2) is 0 Å². The van der Waals surface area contributed by atoms with E-state index >= 15 is 0 Å². The Kier molecular flexibility index (Phi) is 5.84. The first-order valence-corrected chi connectivity index (χ1v) is 8.86. The Morgan fingerprint density at radius 3 is 2.75 bits per heavy atom. The van der Waals surface area contributed by atoms with Crippen LogP contribution in [0.5, 0.6) is 0 Å². The molecule has 4 atom stereocenters. The average Bonchev–Trinajstić information content (AvgIpc) is 3.24. The van der Waals surface area contributed by atoms with Gasteiger partial charge in [-0.05, 0) is 31.2 Å². The summed E-state index contributed by atoms with van der Waals surface area (Å²) in [6.07, 6.45) is 3.21. The lowest BCUT2D eigenvalue weighted by molar-refractivity contribution is -0.132. The zero-order chi connectivity index (χ0) is 16.9. The predicted octanol–water partition coefficient (Wildman–Crippen LogP) is 0.556. The molecule has 0 bridgehead atoms. The number of β-amino-alcohol motifs (C(OH)–C–C–N with tert-alkyl or cyclic N) is 1. The van der Waals surface area contributed by atoms with Crippen molar-refractivity contribution in [3.8, 4) is 0 Å². The molecule has 0 spiro atoms. The zero-order valence-electron chi connectivity index (χ0n) is 14.2. The summed E-state index contributed by atoms with van der Waals surface area (Å²) in [5, 5.41) is 12.6. The van der Waals surface area contributed by atoms with Crippen LogP contribution < -0.4 is 16.2 Å². The molecule has 2 aliphatic rings. The number of hydrogen-bond donors (Lipinski definition) is 4. The number of hydrogen-bond acceptors (Lipinski definition) is 5. The lowest BCUT2D eigenvalue weighted by Gasteiger charge is -2.21. The Morgan fingerprint density at radius 2 is 2.04 bits per heavy atom. The fraction of sp³-hybridized carbons (Fsp3) is 0.611. The van der Waals surface area contributed by atoms with E-state index in [0.717, 1.165) is 25.8 Å². The van der Waals surface area contributed by atoms with Crippen LogP contribution in [0.4, 0.5) is 0 Å². The van der Waals surface area contributed by atoms with Crippen molar-refractivity contribution in [2.75, 3.05) is 20.1 Å². The highest BCUT2D eigenvalue weighted by molar-refractivity contribution is 5.82. The topological polar surface area (TPSA) is 76.6 Å². The number of amides is 1. The molecule has 4 unspecified atom stereocenters. The van der Waals surface area contributed by atoms with Crippen molar-refractivity contribution in [2.24, 2.45) is 0 Å². The maximum atomic E-state index is 12.3. The predicted molar refractivity (Wildman–Crippen MR) is 93.1 cm³/mol. The van der Waals surface area contributed by atoms with Crippen molar-refractivity contribution in [2.45, 2.75) is 49.9 Å². The standard InChI is InChI=1S/C18H28N4O2/c1-22(18(24)17-11-15(23)12-19-17)9-5-8-14-10-16(21-20-14)13-6-3-2-4-7-13/h2-4,6-7,14-17,19-21,23H,5,8-12H2,1H3. The van der Waals surface area contributed by atoms with Gasteiger partial charge in [-0.2, -0.15) is 0 Å². The molecule has 4 N–H and O–H groups in total. The van der Waals surface area contributed by atoms with Gasteiger partial charge in [0.2, 0.25) is 5.91 Å². The summed E-state index contributed by atoms with van der Waals surface area (Å²) in [6.45, 7) is 1.27. The molecule has 0 aromatic heterocycles. The number of benzene rings is 1. The molecular weight excluding hydrogens is 304 g/mol. The molecule has 2 fully saturated rings. The van der Waals surface area contributed by atoms with Crippen LogP contribution in [0.15, 0.2) is 30.3 Å². The van der Waals surface area contributed by atoms with Crippen LogP contribution in [-0.2, 0) is 4.79 Å². The van der Waals surface area contributed by atoms with Gasteiger partial charge in [0.1, 0.15) is 0 Å². The van der Waals surface area contributed by atoms with Crippen LogP contribution >= 0.6 is 0 Å². The molecule has 0 aliphatic carbocycles. The van der Waals surface area contributed by atoms with Crippen LogP contribution in [0.25, 0.3) is 0 Å². The Labute approximate surface area is 143 Å². The number of aliphatic hydroxyl groups is 1. The molecule has 0 saturated carbocycles. The van der Waals surface area contributed by atoms with Gasteiger partial charge in [0.25, 0.3) is 0 Å². The third kappa shape index (κ3) is 4.33.